The zero-order chi connectivity index (χ0) is 33.1. The highest BCUT2D eigenvalue weighted by Crippen LogP contribution is 2.43. The van der Waals surface area contributed by atoms with Crippen molar-refractivity contribution in [3.8, 4) is 0 Å². The first kappa shape index (κ1) is 44.0. The van der Waals surface area contributed by atoms with Crippen LogP contribution in [0.1, 0.15) is 162 Å². The van der Waals surface area contributed by atoms with Crippen LogP contribution in [0.15, 0.2) is 24.3 Å². The predicted molar refractivity (Wildman–Crippen MR) is 187 cm³/mol. The highest BCUT2D eigenvalue weighted by atomic mass is 31.2. The molecule has 0 aliphatic rings. The topological polar surface area (TPSA) is 117 Å². The molecule has 0 spiro atoms. The lowest BCUT2D eigenvalue weighted by atomic mass is 10.0. The van der Waals surface area contributed by atoms with Gasteiger partial charge in [0.05, 0.1) is 19.8 Å². The number of ether oxygens (including phenoxy) is 2. The van der Waals surface area contributed by atoms with Crippen LogP contribution in [0.2, 0.25) is 0 Å². The zero-order valence-electron chi connectivity index (χ0n) is 29.1. The normalized spacial score (nSPS) is 14.0. The number of hydrogen-bond donors (Lipinski definition) is 2. The standard InChI is InChI=1S/C36H70NO7P/c1-3-5-6-7-8-9-10-11-12-13-14-15-16-17-18-19-20-21-22-23-24-25-26-27-28-29-31-41-33-35(44-36(38)4-2)34-43-45(39,40)42-32-30-37/h10-11,13-14,35H,3-9,12,15-34,37H2,1-2H3,(H,39,40)/b11-10-,14-13-. The van der Waals surface area contributed by atoms with E-state index < -0.39 is 19.9 Å². The van der Waals surface area contributed by atoms with E-state index in [2.05, 4.69) is 31.2 Å². The summed E-state index contributed by atoms with van der Waals surface area (Å²) in [5, 5.41) is 0. The molecule has 0 saturated heterocycles. The molecule has 0 aliphatic carbocycles. The fourth-order valence-electron chi connectivity index (χ4n) is 4.94. The molecule has 0 bridgehead atoms. The van der Waals surface area contributed by atoms with Gasteiger partial charge in [-0.15, -0.1) is 0 Å². The van der Waals surface area contributed by atoms with Gasteiger partial charge in [0, 0.05) is 19.6 Å². The van der Waals surface area contributed by atoms with Gasteiger partial charge in [0.2, 0.25) is 0 Å². The number of unbranched alkanes of at least 4 members (excludes halogenated alkanes) is 19. The minimum atomic E-state index is -4.23. The first-order valence-corrected chi connectivity index (χ1v) is 19.8. The minimum absolute atomic E-state index is 0.0967. The number of phosphoric ester groups is 1. The number of phosphoric acid groups is 1. The molecule has 45 heavy (non-hydrogen) atoms. The fourth-order valence-corrected chi connectivity index (χ4v) is 5.71. The molecule has 9 heteroatoms. The van der Waals surface area contributed by atoms with Gasteiger partial charge in [0.1, 0.15) is 6.10 Å². The average molecular weight is 660 g/mol. The first-order valence-electron chi connectivity index (χ1n) is 18.3. The molecule has 3 N–H and O–H groups in total. The zero-order valence-corrected chi connectivity index (χ0v) is 30.0. The van der Waals surface area contributed by atoms with Crippen molar-refractivity contribution >= 4 is 13.8 Å². The Morgan fingerprint density at radius 1 is 0.667 bits per heavy atom. The molecule has 0 aromatic heterocycles. The summed E-state index contributed by atoms with van der Waals surface area (Å²) in [6.45, 7) is 4.33. The van der Waals surface area contributed by atoms with E-state index in [-0.39, 0.29) is 32.8 Å². The Hall–Kier alpha value is -1.02. The van der Waals surface area contributed by atoms with Crippen molar-refractivity contribution < 1.29 is 32.8 Å². The van der Waals surface area contributed by atoms with Crippen molar-refractivity contribution in [1.29, 1.82) is 0 Å². The Kier molecular flexibility index (Phi) is 33.5. The number of esters is 1. The second-order valence-electron chi connectivity index (χ2n) is 12.0. The SMILES string of the molecule is CCCCCCC/C=C\C/C=C\CCCCCCCCCCCCCCCCOCC(COP(=O)(O)OCCN)OC(=O)CC. The van der Waals surface area contributed by atoms with Gasteiger partial charge in [-0.3, -0.25) is 13.8 Å². The maximum Gasteiger partial charge on any atom is 0.472 e. The van der Waals surface area contributed by atoms with Crippen LogP contribution in [-0.2, 0) is 27.9 Å². The predicted octanol–water partition coefficient (Wildman–Crippen LogP) is 10.1. The monoisotopic (exact) mass is 659 g/mol. The number of carbonyl (C=O) groups is 1. The quantitative estimate of drug-likeness (QED) is 0.0299. The lowest BCUT2D eigenvalue weighted by Crippen LogP contribution is -2.28. The lowest BCUT2D eigenvalue weighted by molar-refractivity contribution is -0.154. The third-order valence-corrected chi connectivity index (χ3v) is 8.66. The molecule has 0 rings (SSSR count). The van der Waals surface area contributed by atoms with Crippen LogP contribution in [0.25, 0.3) is 0 Å². The van der Waals surface area contributed by atoms with Crippen LogP contribution >= 0.6 is 7.82 Å². The van der Waals surface area contributed by atoms with Gasteiger partial charge in [-0.2, -0.15) is 0 Å². The summed E-state index contributed by atoms with van der Waals surface area (Å²) in [6.07, 6.45) is 37.2. The Labute approximate surface area is 276 Å². The van der Waals surface area contributed by atoms with Crippen molar-refractivity contribution in [1.82, 2.24) is 0 Å². The first-order chi connectivity index (χ1) is 21.9. The average Bonchev–Trinajstić information content (AvgIpc) is 3.03. The smallest absolute Gasteiger partial charge is 0.457 e. The second-order valence-corrected chi connectivity index (χ2v) is 13.5. The molecule has 8 nitrogen and oxygen atoms in total. The van der Waals surface area contributed by atoms with Gasteiger partial charge in [-0.05, 0) is 38.5 Å². The molecule has 2 atom stereocenters. The molecule has 266 valence electrons. The van der Waals surface area contributed by atoms with Crippen molar-refractivity contribution in [3.05, 3.63) is 24.3 Å². The van der Waals surface area contributed by atoms with Crippen LogP contribution < -0.4 is 5.73 Å². The van der Waals surface area contributed by atoms with Gasteiger partial charge >= 0.3 is 13.8 Å². The highest BCUT2D eigenvalue weighted by Gasteiger charge is 2.24. The molecule has 0 aromatic carbocycles. The fraction of sp³-hybridized carbons (Fsp3) is 0.861. The van der Waals surface area contributed by atoms with E-state index in [0.717, 1.165) is 19.3 Å². The summed E-state index contributed by atoms with van der Waals surface area (Å²) in [5.41, 5.74) is 5.27. The van der Waals surface area contributed by atoms with E-state index in [1.807, 2.05) is 0 Å². The van der Waals surface area contributed by atoms with Gasteiger partial charge in [0.25, 0.3) is 0 Å². The Bertz CT molecular complexity index is 747. The largest absolute Gasteiger partial charge is 0.472 e. The lowest BCUT2D eigenvalue weighted by Gasteiger charge is -2.19. The molecule has 0 radical (unpaired) electrons. The summed E-state index contributed by atoms with van der Waals surface area (Å²) in [7, 11) is -4.23. The van der Waals surface area contributed by atoms with Crippen LogP contribution in [-0.4, -0.2) is 49.9 Å². The van der Waals surface area contributed by atoms with Gasteiger partial charge in [-0.1, -0.05) is 141 Å². The van der Waals surface area contributed by atoms with E-state index in [0.29, 0.717) is 6.61 Å². The second kappa shape index (κ2) is 34.3. The van der Waals surface area contributed by atoms with Crippen molar-refractivity contribution in [2.45, 2.75) is 168 Å². The number of hydrogen-bond acceptors (Lipinski definition) is 7. The van der Waals surface area contributed by atoms with E-state index >= 15 is 0 Å². The minimum Gasteiger partial charge on any atom is -0.457 e. The Morgan fingerprint density at radius 2 is 1.16 bits per heavy atom. The summed E-state index contributed by atoms with van der Waals surface area (Å²) in [6, 6.07) is 0. The van der Waals surface area contributed by atoms with Crippen LogP contribution in [0, 0.1) is 0 Å². The van der Waals surface area contributed by atoms with E-state index in [1.54, 1.807) is 6.92 Å². The highest BCUT2D eigenvalue weighted by molar-refractivity contribution is 7.47. The molecule has 0 aliphatic heterocycles. The molecule has 0 amide bonds. The van der Waals surface area contributed by atoms with Crippen molar-refractivity contribution in [2.24, 2.45) is 5.73 Å². The maximum absolute atomic E-state index is 11.8. The number of nitrogens with two attached hydrogens (primary N) is 1. The van der Waals surface area contributed by atoms with Gasteiger partial charge < -0.3 is 20.1 Å². The third kappa shape index (κ3) is 34.1. The van der Waals surface area contributed by atoms with E-state index in [4.69, 9.17) is 24.3 Å². The Morgan fingerprint density at radius 3 is 1.64 bits per heavy atom. The maximum atomic E-state index is 11.8. The van der Waals surface area contributed by atoms with Gasteiger partial charge in [0.15, 0.2) is 0 Å². The number of rotatable bonds is 35. The number of carbonyl (C=O) groups excluding carboxylic acids is 1. The van der Waals surface area contributed by atoms with Crippen molar-refractivity contribution in [2.75, 3.05) is 33.0 Å². The van der Waals surface area contributed by atoms with E-state index in [9.17, 15) is 14.3 Å². The molecule has 0 saturated carbocycles. The molecule has 0 heterocycles. The van der Waals surface area contributed by atoms with Crippen LogP contribution in [0.4, 0.5) is 0 Å². The molecule has 2 unspecified atom stereocenters. The third-order valence-electron chi connectivity index (χ3n) is 7.68. The summed E-state index contributed by atoms with van der Waals surface area (Å²) in [4.78, 5) is 21.3. The summed E-state index contributed by atoms with van der Waals surface area (Å²) in [5.74, 6) is -0.417. The molecular formula is C36H70NO7P. The van der Waals surface area contributed by atoms with Crippen LogP contribution in [0.5, 0.6) is 0 Å². The number of allylic oxidation sites excluding steroid dienone is 4. The van der Waals surface area contributed by atoms with Crippen molar-refractivity contribution in [3.63, 3.8) is 0 Å². The summed E-state index contributed by atoms with van der Waals surface area (Å²) < 4.78 is 32.3. The molecule has 0 fully saturated rings. The van der Waals surface area contributed by atoms with Gasteiger partial charge in [-0.25, -0.2) is 4.57 Å². The Balaban J connectivity index is 3.52. The molecular weight excluding hydrogens is 589 g/mol. The summed E-state index contributed by atoms with van der Waals surface area (Å²) >= 11 is 0. The van der Waals surface area contributed by atoms with Crippen LogP contribution in [0.3, 0.4) is 0 Å². The molecule has 0 aromatic rings. The van der Waals surface area contributed by atoms with E-state index in [1.165, 1.54) is 122 Å².